The van der Waals surface area contributed by atoms with Crippen molar-refractivity contribution in [2.24, 2.45) is 0 Å². The molecule has 6 nitrogen and oxygen atoms in total. The second-order valence-electron chi connectivity index (χ2n) is 22.4. The molecule has 0 rings (SSSR count). The van der Waals surface area contributed by atoms with Crippen LogP contribution in [0.3, 0.4) is 0 Å². The smallest absolute Gasteiger partial charge is 0.306 e. The molecule has 0 aliphatic carbocycles. The molecule has 0 aromatic carbocycles. The number of esters is 3. The fourth-order valence-electron chi connectivity index (χ4n) is 9.70. The molecule has 0 aliphatic heterocycles. The predicted molar refractivity (Wildman–Crippen MR) is 335 cm³/mol. The van der Waals surface area contributed by atoms with E-state index in [9.17, 15) is 14.4 Å². The third-order valence-corrected chi connectivity index (χ3v) is 14.7. The first kappa shape index (κ1) is 73.8. The van der Waals surface area contributed by atoms with Gasteiger partial charge in [0.2, 0.25) is 0 Å². The van der Waals surface area contributed by atoms with Crippen molar-refractivity contribution in [2.75, 3.05) is 13.2 Å². The highest BCUT2D eigenvalue weighted by Gasteiger charge is 2.19. The highest BCUT2D eigenvalue weighted by atomic mass is 16.6. The third kappa shape index (κ3) is 63.6. The van der Waals surface area contributed by atoms with Crippen LogP contribution in [0, 0.1) is 0 Å². The van der Waals surface area contributed by atoms with Gasteiger partial charge >= 0.3 is 17.9 Å². The van der Waals surface area contributed by atoms with Crippen LogP contribution in [-0.4, -0.2) is 37.2 Å². The lowest BCUT2D eigenvalue weighted by Gasteiger charge is -2.18. The lowest BCUT2D eigenvalue weighted by Crippen LogP contribution is -2.30. The molecule has 0 aromatic rings. The Balaban J connectivity index is 4.24. The zero-order valence-electron chi connectivity index (χ0n) is 51.2. The molecule has 0 aromatic heterocycles. The Kier molecular flexibility index (Phi) is 62.7. The van der Waals surface area contributed by atoms with Gasteiger partial charge in [-0.05, 0) is 89.9 Å². The summed E-state index contributed by atoms with van der Waals surface area (Å²) < 4.78 is 16.9. The second-order valence-corrected chi connectivity index (χ2v) is 22.4. The van der Waals surface area contributed by atoms with E-state index < -0.39 is 6.10 Å². The topological polar surface area (TPSA) is 78.9 Å². The maximum absolute atomic E-state index is 12.9. The molecule has 1 atom stereocenters. The first-order chi connectivity index (χ1) is 38.0. The van der Waals surface area contributed by atoms with Crippen molar-refractivity contribution < 1.29 is 28.6 Å². The van der Waals surface area contributed by atoms with Crippen molar-refractivity contribution >= 4 is 17.9 Å². The Labute approximate surface area is 478 Å². The number of hydrogen-bond acceptors (Lipinski definition) is 6. The van der Waals surface area contributed by atoms with Gasteiger partial charge in [0.15, 0.2) is 6.10 Å². The molecule has 0 amide bonds. The van der Waals surface area contributed by atoms with Gasteiger partial charge in [0.1, 0.15) is 13.2 Å². The minimum Gasteiger partial charge on any atom is -0.462 e. The van der Waals surface area contributed by atoms with E-state index in [1.165, 1.54) is 212 Å². The maximum Gasteiger partial charge on any atom is 0.306 e. The van der Waals surface area contributed by atoms with Gasteiger partial charge in [-0.3, -0.25) is 14.4 Å². The molecule has 0 bridgehead atoms. The van der Waals surface area contributed by atoms with Crippen molar-refractivity contribution in [1.29, 1.82) is 0 Å². The lowest BCUT2D eigenvalue weighted by atomic mass is 10.0. The van der Waals surface area contributed by atoms with Gasteiger partial charge in [-0.25, -0.2) is 0 Å². The van der Waals surface area contributed by atoms with Gasteiger partial charge in [-0.2, -0.15) is 0 Å². The summed E-state index contributed by atoms with van der Waals surface area (Å²) in [6, 6.07) is 0. The molecular formula is C71H126O6. The average Bonchev–Trinajstić information content (AvgIpc) is 3.43. The van der Waals surface area contributed by atoms with Crippen LogP contribution in [0.1, 0.15) is 342 Å². The van der Waals surface area contributed by atoms with E-state index in [4.69, 9.17) is 14.2 Å². The van der Waals surface area contributed by atoms with Crippen LogP contribution < -0.4 is 0 Å². The van der Waals surface area contributed by atoms with Gasteiger partial charge in [0.05, 0.1) is 0 Å². The molecule has 0 radical (unpaired) electrons. The standard InChI is InChI=1S/C71H126O6/c1-4-7-10-13-16-19-22-24-26-28-30-32-33-34-35-36-37-39-40-42-44-46-49-52-55-58-61-64-70(73)76-67-68(66-75-69(72)63-60-57-54-51-48-21-18-15-12-9-6-3)77-71(74)65-62-59-56-53-50-47-45-43-41-38-31-29-27-25-23-20-17-14-11-8-5-2/h7,10,16,19,24,26,29-32,34-35,68H,4-6,8-9,11-15,17-18,20-23,25,27-28,33,36-67H2,1-3H3/b10-7-,19-16-,26-24-,31-29-,32-30-,35-34-. The highest BCUT2D eigenvalue weighted by Crippen LogP contribution is 2.17. The second kappa shape index (κ2) is 65.4. The van der Waals surface area contributed by atoms with Gasteiger partial charge in [-0.15, -0.1) is 0 Å². The lowest BCUT2D eigenvalue weighted by molar-refractivity contribution is -0.167. The molecule has 0 saturated heterocycles. The summed E-state index contributed by atoms with van der Waals surface area (Å²) in [5.41, 5.74) is 0. The van der Waals surface area contributed by atoms with Crippen molar-refractivity contribution in [3.05, 3.63) is 72.9 Å². The minimum absolute atomic E-state index is 0.0728. The Morgan fingerprint density at radius 1 is 0.273 bits per heavy atom. The molecule has 446 valence electrons. The van der Waals surface area contributed by atoms with Gasteiger partial charge in [0.25, 0.3) is 0 Å². The van der Waals surface area contributed by atoms with E-state index in [1.54, 1.807) is 0 Å². The monoisotopic (exact) mass is 1070 g/mol. The van der Waals surface area contributed by atoms with Crippen LogP contribution in [0.5, 0.6) is 0 Å². The summed E-state index contributed by atoms with van der Waals surface area (Å²) in [6.45, 7) is 6.56. The van der Waals surface area contributed by atoms with Crippen LogP contribution in [0.4, 0.5) is 0 Å². The average molecular weight is 1080 g/mol. The predicted octanol–water partition coefficient (Wildman–Crippen LogP) is 22.9. The quantitative estimate of drug-likeness (QED) is 0.0261. The largest absolute Gasteiger partial charge is 0.462 e. The van der Waals surface area contributed by atoms with Gasteiger partial charge in [0, 0.05) is 19.3 Å². The van der Waals surface area contributed by atoms with E-state index in [2.05, 4.69) is 93.7 Å². The number of ether oxygens (including phenoxy) is 3. The number of carbonyl (C=O) groups is 3. The summed E-state index contributed by atoms with van der Waals surface area (Å²) in [7, 11) is 0. The molecule has 6 heteroatoms. The van der Waals surface area contributed by atoms with Crippen molar-refractivity contribution in [3.8, 4) is 0 Å². The Hall–Kier alpha value is -3.15. The summed E-state index contributed by atoms with van der Waals surface area (Å²) in [5, 5.41) is 0. The number of rotatable bonds is 61. The van der Waals surface area contributed by atoms with Crippen LogP contribution in [0.2, 0.25) is 0 Å². The third-order valence-electron chi connectivity index (χ3n) is 14.7. The van der Waals surface area contributed by atoms with Crippen LogP contribution in [0.15, 0.2) is 72.9 Å². The van der Waals surface area contributed by atoms with E-state index in [0.717, 1.165) is 89.9 Å². The maximum atomic E-state index is 12.9. The molecule has 0 heterocycles. The van der Waals surface area contributed by atoms with E-state index in [0.29, 0.717) is 19.3 Å². The van der Waals surface area contributed by atoms with Gasteiger partial charge in [-0.1, -0.05) is 306 Å². The Morgan fingerprint density at radius 2 is 0.506 bits per heavy atom. The summed E-state index contributed by atoms with van der Waals surface area (Å²) >= 11 is 0. The van der Waals surface area contributed by atoms with E-state index in [1.807, 2.05) is 0 Å². The molecule has 0 aliphatic rings. The summed E-state index contributed by atoms with van der Waals surface area (Å²) in [4.78, 5) is 38.3. The number of unbranched alkanes of at least 4 members (excludes halogenated alkanes) is 38. The zero-order valence-corrected chi connectivity index (χ0v) is 51.2. The molecule has 0 N–H and O–H groups in total. The fraction of sp³-hybridized carbons (Fsp3) is 0.789. The first-order valence-electron chi connectivity index (χ1n) is 33.4. The number of allylic oxidation sites excluding steroid dienone is 12. The zero-order chi connectivity index (χ0) is 55.7. The minimum atomic E-state index is -0.776. The normalized spacial score (nSPS) is 12.5. The molecule has 77 heavy (non-hydrogen) atoms. The molecular weight excluding hydrogens is 949 g/mol. The molecule has 1 unspecified atom stereocenters. The summed E-state index contributed by atoms with van der Waals surface area (Å²) in [6.07, 6.45) is 84.9. The molecule has 0 fully saturated rings. The van der Waals surface area contributed by atoms with E-state index >= 15 is 0 Å². The molecule has 0 spiro atoms. The van der Waals surface area contributed by atoms with Crippen molar-refractivity contribution in [2.45, 2.75) is 348 Å². The first-order valence-corrected chi connectivity index (χ1v) is 33.4. The Bertz CT molecular complexity index is 1420. The van der Waals surface area contributed by atoms with Crippen LogP contribution in [0.25, 0.3) is 0 Å². The van der Waals surface area contributed by atoms with Crippen LogP contribution >= 0.6 is 0 Å². The van der Waals surface area contributed by atoms with E-state index in [-0.39, 0.29) is 31.1 Å². The molecule has 0 saturated carbocycles. The summed E-state index contributed by atoms with van der Waals surface area (Å²) in [5.74, 6) is -0.861. The van der Waals surface area contributed by atoms with Crippen molar-refractivity contribution in [1.82, 2.24) is 0 Å². The Morgan fingerprint density at radius 3 is 0.805 bits per heavy atom. The number of hydrogen-bond donors (Lipinski definition) is 0. The van der Waals surface area contributed by atoms with Crippen LogP contribution in [-0.2, 0) is 28.6 Å². The highest BCUT2D eigenvalue weighted by molar-refractivity contribution is 5.71. The SMILES string of the molecule is CC/C=C\C/C=C\C/C=C\C/C=C\C/C=C\CCCCCCCCCCCCCC(=O)OCC(COC(=O)CCCCCCCCCCCCC)OC(=O)CCCCCCCCCCC/C=C\CCCCCCCCCC. The fourth-order valence-corrected chi connectivity index (χ4v) is 9.70. The number of carbonyl (C=O) groups excluding carboxylic acids is 3. The van der Waals surface area contributed by atoms with Gasteiger partial charge < -0.3 is 14.2 Å². The van der Waals surface area contributed by atoms with Crippen molar-refractivity contribution in [3.63, 3.8) is 0 Å².